The predicted octanol–water partition coefficient (Wildman–Crippen LogP) is 4.85. The number of aromatic hydroxyl groups is 1. The summed E-state index contributed by atoms with van der Waals surface area (Å²) in [6.07, 6.45) is 1.41. The number of hydrogen-bond donors (Lipinski definition) is 2. The van der Waals surface area contributed by atoms with Crippen molar-refractivity contribution >= 4 is 44.4 Å². The monoisotopic (exact) mass is 392 g/mol. The van der Waals surface area contributed by atoms with Crippen molar-refractivity contribution in [3.05, 3.63) is 76.3 Å². The highest BCUT2D eigenvalue weighted by Gasteiger charge is 2.12. The fourth-order valence-electron chi connectivity index (χ4n) is 2.46. The van der Waals surface area contributed by atoms with E-state index < -0.39 is 5.91 Å². The van der Waals surface area contributed by atoms with E-state index in [1.807, 2.05) is 30.3 Å². The standard InChI is InChI=1S/C20H13BrN2O2/c21-15-6-8-16(9-7-15)23-20(25)14(12-22)11-18-17-4-2-1-3-13(17)5-10-19(18)24/h1-11,24H,(H,23,25). The summed E-state index contributed by atoms with van der Waals surface area (Å²) in [5.41, 5.74) is 0.937. The van der Waals surface area contributed by atoms with Crippen molar-refractivity contribution in [2.45, 2.75) is 0 Å². The smallest absolute Gasteiger partial charge is 0.266 e. The van der Waals surface area contributed by atoms with Crippen molar-refractivity contribution in [3.8, 4) is 11.8 Å². The molecule has 0 aliphatic heterocycles. The average molecular weight is 393 g/mol. The summed E-state index contributed by atoms with van der Waals surface area (Å²) < 4.78 is 0.891. The molecule has 1 amide bonds. The minimum absolute atomic E-state index is 0.0166. The number of hydrogen-bond acceptors (Lipinski definition) is 3. The molecule has 0 saturated carbocycles. The second kappa shape index (κ2) is 7.20. The van der Waals surface area contributed by atoms with E-state index in [1.54, 1.807) is 36.4 Å². The number of carbonyl (C=O) groups excluding carboxylic acids is 1. The number of phenolic OH excluding ortho intramolecular Hbond substituents is 1. The number of amides is 1. The van der Waals surface area contributed by atoms with Gasteiger partial charge in [0.2, 0.25) is 0 Å². The molecule has 0 aromatic heterocycles. The Bertz CT molecular complexity index is 1020. The van der Waals surface area contributed by atoms with Crippen LogP contribution in [0.1, 0.15) is 5.56 Å². The minimum atomic E-state index is -0.530. The lowest BCUT2D eigenvalue weighted by atomic mass is 10.0. The molecule has 0 radical (unpaired) electrons. The molecule has 0 atom stereocenters. The highest BCUT2D eigenvalue weighted by Crippen LogP contribution is 2.29. The molecule has 3 aromatic carbocycles. The number of nitrogens with one attached hydrogen (secondary N) is 1. The first-order valence-corrected chi connectivity index (χ1v) is 8.27. The lowest BCUT2D eigenvalue weighted by Gasteiger charge is -2.07. The molecule has 0 saturated heterocycles. The third-order valence-electron chi connectivity index (χ3n) is 3.70. The van der Waals surface area contributed by atoms with E-state index in [0.717, 1.165) is 15.2 Å². The molecule has 0 unspecified atom stereocenters. The molecule has 3 rings (SSSR count). The summed E-state index contributed by atoms with van der Waals surface area (Å²) in [6, 6.07) is 19.8. The summed E-state index contributed by atoms with van der Waals surface area (Å²) in [6.45, 7) is 0. The molecule has 0 fully saturated rings. The zero-order valence-corrected chi connectivity index (χ0v) is 14.6. The van der Waals surface area contributed by atoms with Gasteiger partial charge in [0.1, 0.15) is 17.4 Å². The van der Waals surface area contributed by atoms with Gasteiger partial charge >= 0.3 is 0 Å². The molecule has 5 heteroatoms. The molecule has 0 aliphatic rings. The third-order valence-corrected chi connectivity index (χ3v) is 4.23. The van der Waals surface area contributed by atoms with Gasteiger partial charge in [-0.2, -0.15) is 5.26 Å². The van der Waals surface area contributed by atoms with E-state index in [9.17, 15) is 15.2 Å². The van der Waals surface area contributed by atoms with Crippen LogP contribution in [0.15, 0.2) is 70.7 Å². The summed E-state index contributed by atoms with van der Waals surface area (Å²) in [4.78, 5) is 12.4. The van der Waals surface area contributed by atoms with Crippen LogP contribution in [0.4, 0.5) is 5.69 Å². The number of anilines is 1. The van der Waals surface area contributed by atoms with Crippen LogP contribution < -0.4 is 5.32 Å². The van der Waals surface area contributed by atoms with Gasteiger partial charge in [-0.1, -0.05) is 46.3 Å². The van der Waals surface area contributed by atoms with Gasteiger partial charge in [-0.25, -0.2) is 0 Å². The molecule has 122 valence electrons. The Morgan fingerprint density at radius 3 is 2.52 bits per heavy atom. The van der Waals surface area contributed by atoms with Crippen molar-refractivity contribution in [1.82, 2.24) is 0 Å². The Morgan fingerprint density at radius 1 is 1.08 bits per heavy atom. The number of fused-ring (bicyclic) bond motifs is 1. The molecule has 0 aliphatic carbocycles. The zero-order valence-electron chi connectivity index (χ0n) is 13.0. The SMILES string of the molecule is N#CC(=Cc1c(O)ccc2ccccc12)C(=O)Nc1ccc(Br)cc1. The molecule has 3 aromatic rings. The highest BCUT2D eigenvalue weighted by atomic mass is 79.9. The number of carbonyl (C=O) groups is 1. The van der Waals surface area contributed by atoms with Gasteiger partial charge in [0.05, 0.1) is 0 Å². The maximum Gasteiger partial charge on any atom is 0.266 e. The van der Waals surface area contributed by atoms with Gasteiger partial charge in [0.25, 0.3) is 5.91 Å². The lowest BCUT2D eigenvalue weighted by molar-refractivity contribution is -0.112. The van der Waals surface area contributed by atoms with Crippen LogP contribution in [0, 0.1) is 11.3 Å². The number of rotatable bonds is 3. The third kappa shape index (κ3) is 3.70. The van der Waals surface area contributed by atoms with Gasteiger partial charge < -0.3 is 10.4 Å². The number of benzene rings is 3. The van der Waals surface area contributed by atoms with Gasteiger partial charge in [0.15, 0.2) is 0 Å². The molecular weight excluding hydrogens is 380 g/mol. The lowest BCUT2D eigenvalue weighted by Crippen LogP contribution is -2.13. The van der Waals surface area contributed by atoms with E-state index in [0.29, 0.717) is 11.3 Å². The number of nitriles is 1. The highest BCUT2D eigenvalue weighted by molar-refractivity contribution is 9.10. The minimum Gasteiger partial charge on any atom is -0.507 e. The molecule has 0 heterocycles. The fraction of sp³-hybridized carbons (Fsp3) is 0. The molecule has 2 N–H and O–H groups in total. The van der Waals surface area contributed by atoms with Gasteiger partial charge in [0, 0.05) is 15.7 Å². The first-order valence-electron chi connectivity index (χ1n) is 7.48. The Balaban J connectivity index is 1.98. The summed E-state index contributed by atoms with van der Waals surface area (Å²) >= 11 is 3.33. The van der Waals surface area contributed by atoms with Crippen molar-refractivity contribution in [2.24, 2.45) is 0 Å². The first-order chi connectivity index (χ1) is 12.1. The fourth-order valence-corrected chi connectivity index (χ4v) is 2.72. The van der Waals surface area contributed by atoms with Crippen molar-refractivity contribution < 1.29 is 9.90 Å². The van der Waals surface area contributed by atoms with Crippen LogP contribution in [0.2, 0.25) is 0 Å². The summed E-state index contributed by atoms with van der Waals surface area (Å²) in [5.74, 6) is -0.514. The van der Waals surface area contributed by atoms with E-state index in [2.05, 4.69) is 21.2 Å². The van der Waals surface area contributed by atoms with Crippen LogP contribution in [0.3, 0.4) is 0 Å². The number of halogens is 1. The second-order valence-corrected chi connectivity index (χ2v) is 6.27. The Kier molecular flexibility index (Phi) is 4.82. The van der Waals surface area contributed by atoms with Gasteiger partial charge in [-0.15, -0.1) is 0 Å². The predicted molar refractivity (Wildman–Crippen MR) is 102 cm³/mol. The molecule has 0 bridgehead atoms. The maximum absolute atomic E-state index is 12.4. The summed E-state index contributed by atoms with van der Waals surface area (Å²) in [7, 11) is 0. The number of phenols is 1. The van der Waals surface area contributed by atoms with Crippen molar-refractivity contribution in [3.63, 3.8) is 0 Å². The van der Waals surface area contributed by atoms with Gasteiger partial charge in [-0.05, 0) is 47.2 Å². The van der Waals surface area contributed by atoms with Crippen LogP contribution in [0.25, 0.3) is 16.8 Å². The largest absolute Gasteiger partial charge is 0.507 e. The maximum atomic E-state index is 12.4. The zero-order chi connectivity index (χ0) is 17.8. The van der Waals surface area contributed by atoms with Crippen molar-refractivity contribution in [2.75, 3.05) is 5.32 Å². The Labute approximate surface area is 153 Å². The summed E-state index contributed by atoms with van der Waals surface area (Å²) in [5, 5.41) is 23.9. The van der Waals surface area contributed by atoms with Crippen LogP contribution >= 0.6 is 15.9 Å². The first kappa shape index (κ1) is 16.7. The average Bonchev–Trinajstić information content (AvgIpc) is 2.63. The molecule has 25 heavy (non-hydrogen) atoms. The van der Waals surface area contributed by atoms with E-state index in [4.69, 9.17) is 0 Å². The van der Waals surface area contributed by atoms with Gasteiger partial charge in [-0.3, -0.25) is 4.79 Å². The van der Waals surface area contributed by atoms with E-state index in [-0.39, 0.29) is 11.3 Å². The second-order valence-electron chi connectivity index (χ2n) is 5.35. The molecule has 0 spiro atoms. The molecule has 4 nitrogen and oxygen atoms in total. The van der Waals surface area contributed by atoms with Crippen LogP contribution in [0.5, 0.6) is 5.75 Å². The van der Waals surface area contributed by atoms with Crippen LogP contribution in [-0.2, 0) is 4.79 Å². The Hall–Kier alpha value is -3.10. The van der Waals surface area contributed by atoms with E-state index >= 15 is 0 Å². The number of nitrogens with zero attached hydrogens (tertiary/aromatic N) is 1. The Morgan fingerprint density at radius 2 is 1.80 bits per heavy atom. The normalized spacial score (nSPS) is 11.1. The van der Waals surface area contributed by atoms with Crippen LogP contribution in [-0.4, -0.2) is 11.0 Å². The molecular formula is C20H13BrN2O2. The van der Waals surface area contributed by atoms with Crippen molar-refractivity contribution in [1.29, 1.82) is 5.26 Å². The topological polar surface area (TPSA) is 73.1 Å². The quantitative estimate of drug-likeness (QED) is 0.493. The van der Waals surface area contributed by atoms with E-state index in [1.165, 1.54) is 6.08 Å².